The second-order valence-electron chi connectivity index (χ2n) is 5.39. The van der Waals surface area contributed by atoms with Gasteiger partial charge in [0.05, 0.1) is 4.92 Å². The first-order valence-corrected chi connectivity index (χ1v) is 9.11. The van der Waals surface area contributed by atoms with E-state index in [1.165, 1.54) is 23.9 Å². The van der Waals surface area contributed by atoms with E-state index in [1.807, 2.05) is 28.8 Å². The number of allylic oxidation sites excluding steroid dienone is 1. The van der Waals surface area contributed by atoms with Crippen LogP contribution in [0.4, 0.5) is 5.69 Å². The second-order valence-corrected chi connectivity index (χ2v) is 6.74. The third-order valence-corrected chi connectivity index (χ3v) is 5.06. The van der Waals surface area contributed by atoms with Crippen LogP contribution in [0, 0.1) is 10.1 Å². The number of thioether (sulfide) groups is 1. The molecule has 0 atom stereocenters. The topological polar surface area (TPSA) is 73.8 Å². The van der Waals surface area contributed by atoms with Crippen LogP contribution in [0.3, 0.4) is 0 Å². The maximum Gasteiger partial charge on any atom is 0.269 e. The lowest BCUT2D eigenvalue weighted by atomic mass is 10.2. The van der Waals surface area contributed by atoms with E-state index in [0.29, 0.717) is 23.1 Å². The van der Waals surface area contributed by atoms with Gasteiger partial charge in [0.1, 0.15) is 0 Å². The summed E-state index contributed by atoms with van der Waals surface area (Å²) in [5, 5.41) is 20.8. The molecule has 0 saturated heterocycles. The molecule has 0 spiro atoms. The lowest BCUT2D eigenvalue weighted by Gasteiger charge is -2.08. The number of nitrogens with zero attached hydrogens (tertiary/aromatic N) is 4. The smallest absolute Gasteiger partial charge is 0.269 e. The Morgan fingerprint density at radius 2 is 1.92 bits per heavy atom. The van der Waals surface area contributed by atoms with Crippen molar-refractivity contribution in [3.8, 4) is 11.4 Å². The average molecular weight is 387 g/mol. The van der Waals surface area contributed by atoms with E-state index >= 15 is 0 Å². The Labute approximate surface area is 159 Å². The molecule has 3 rings (SSSR count). The van der Waals surface area contributed by atoms with Gasteiger partial charge in [0.15, 0.2) is 11.0 Å². The third kappa shape index (κ3) is 3.95. The summed E-state index contributed by atoms with van der Waals surface area (Å²) in [5.41, 5.74) is 1.82. The first kappa shape index (κ1) is 18.2. The van der Waals surface area contributed by atoms with Crippen LogP contribution in [-0.4, -0.2) is 19.7 Å². The van der Waals surface area contributed by atoms with Crippen LogP contribution in [0.15, 0.2) is 66.3 Å². The van der Waals surface area contributed by atoms with Gasteiger partial charge in [-0.05, 0) is 23.8 Å². The highest BCUT2D eigenvalue weighted by atomic mass is 35.5. The van der Waals surface area contributed by atoms with E-state index < -0.39 is 4.92 Å². The number of aromatic nitrogens is 3. The van der Waals surface area contributed by atoms with Crippen molar-refractivity contribution >= 4 is 29.1 Å². The minimum atomic E-state index is -0.427. The SMILES string of the molecule is C=CCn1c(SCc2ccccc2Cl)nnc1-c1ccc([N+](=O)[O-])cc1. The van der Waals surface area contributed by atoms with Crippen molar-refractivity contribution in [1.82, 2.24) is 14.8 Å². The fourth-order valence-electron chi connectivity index (χ4n) is 2.39. The molecule has 0 unspecified atom stereocenters. The molecular weight excluding hydrogens is 372 g/mol. The molecule has 0 fully saturated rings. The van der Waals surface area contributed by atoms with Gasteiger partial charge in [-0.3, -0.25) is 14.7 Å². The molecule has 132 valence electrons. The summed E-state index contributed by atoms with van der Waals surface area (Å²) >= 11 is 7.73. The highest BCUT2D eigenvalue weighted by Crippen LogP contribution is 2.29. The summed E-state index contributed by atoms with van der Waals surface area (Å²) in [5.74, 6) is 1.30. The predicted octanol–water partition coefficient (Wildman–Crippen LogP) is 4.99. The zero-order valence-corrected chi connectivity index (χ0v) is 15.3. The van der Waals surface area contributed by atoms with E-state index in [4.69, 9.17) is 11.6 Å². The molecule has 0 bridgehead atoms. The molecule has 0 saturated carbocycles. The average Bonchev–Trinajstić information content (AvgIpc) is 3.04. The third-order valence-electron chi connectivity index (χ3n) is 3.68. The first-order valence-electron chi connectivity index (χ1n) is 7.75. The molecule has 0 amide bonds. The second kappa shape index (κ2) is 8.16. The summed E-state index contributed by atoms with van der Waals surface area (Å²) in [4.78, 5) is 10.4. The number of hydrogen-bond acceptors (Lipinski definition) is 5. The van der Waals surface area contributed by atoms with Crippen molar-refractivity contribution in [2.45, 2.75) is 17.5 Å². The van der Waals surface area contributed by atoms with Gasteiger partial charge in [0, 0.05) is 35.0 Å². The molecule has 2 aromatic carbocycles. The van der Waals surface area contributed by atoms with E-state index in [1.54, 1.807) is 18.2 Å². The van der Waals surface area contributed by atoms with Gasteiger partial charge in [0.25, 0.3) is 5.69 Å². The van der Waals surface area contributed by atoms with E-state index in [9.17, 15) is 10.1 Å². The maximum atomic E-state index is 10.8. The molecule has 1 aromatic heterocycles. The van der Waals surface area contributed by atoms with Gasteiger partial charge >= 0.3 is 0 Å². The number of hydrogen-bond donors (Lipinski definition) is 0. The molecule has 1 heterocycles. The van der Waals surface area contributed by atoms with Crippen molar-refractivity contribution in [2.24, 2.45) is 0 Å². The summed E-state index contributed by atoms with van der Waals surface area (Å²) in [7, 11) is 0. The van der Waals surface area contributed by atoms with Gasteiger partial charge in [0.2, 0.25) is 0 Å². The van der Waals surface area contributed by atoms with Gasteiger partial charge in [-0.15, -0.1) is 16.8 Å². The van der Waals surface area contributed by atoms with Crippen LogP contribution in [-0.2, 0) is 12.3 Å². The molecule has 0 N–H and O–H groups in total. The highest BCUT2D eigenvalue weighted by molar-refractivity contribution is 7.98. The van der Waals surface area contributed by atoms with Crippen LogP contribution in [0.2, 0.25) is 5.02 Å². The molecule has 0 aliphatic carbocycles. The van der Waals surface area contributed by atoms with Crippen LogP contribution < -0.4 is 0 Å². The zero-order chi connectivity index (χ0) is 18.5. The largest absolute Gasteiger partial charge is 0.298 e. The summed E-state index contributed by atoms with van der Waals surface area (Å²) < 4.78 is 1.93. The fraction of sp³-hybridized carbons (Fsp3) is 0.111. The van der Waals surface area contributed by atoms with Crippen LogP contribution in [0.25, 0.3) is 11.4 Å². The Balaban J connectivity index is 1.87. The summed E-state index contributed by atoms with van der Waals surface area (Å²) in [6, 6.07) is 13.9. The molecular formula is C18H15ClN4O2S. The van der Waals surface area contributed by atoms with Gasteiger partial charge in [-0.1, -0.05) is 47.6 Å². The molecule has 0 aliphatic rings. The van der Waals surface area contributed by atoms with E-state index in [0.717, 1.165) is 16.3 Å². The lowest BCUT2D eigenvalue weighted by Crippen LogP contribution is -2.01. The Kier molecular flexibility index (Phi) is 5.70. The maximum absolute atomic E-state index is 10.8. The van der Waals surface area contributed by atoms with E-state index in [2.05, 4.69) is 16.8 Å². The molecule has 6 nitrogen and oxygen atoms in total. The van der Waals surface area contributed by atoms with Gasteiger partial charge in [-0.2, -0.15) is 0 Å². The summed E-state index contributed by atoms with van der Waals surface area (Å²) in [6.45, 7) is 4.32. The van der Waals surface area contributed by atoms with Crippen LogP contribution in [0.5, 0.6) is 0 Å². The Morgan fingerprint density at radius 3 is 2.58 bits per heavy atom. The van der Waals surface area contributed by atoms with Gasteiger partial charge < -0.3 is 0 Å². The molecule has 26 heavy (non-hydrogen) atoms. The quantitative estimate of drug-likeness (QED) is 0.247. The van der Waals surface area contributed by atoms with Crippen molar-refractivity contribution in [3.05, 3.63) is 81.9 Å². The standard InChI is InChI=1S/C18H15ClN4O2S/c1-2-11-22-17(13-7-9-15(10-8-13)23(24)25)20-21-18(22)26-12-14-5-3-4-6-16(14)19/h2-10H,1,11-12H2. The zero-order valence-electron chi connectivity index (χ0n) is 13.7. The van der Waals surface area contributed by atoms with Crippen molar-refractivity contribution in [2.75, 3.05) is 0 Å². The minimum Gasteiger partial charge on any atom is -0.298 e. The van der Waals surface area contributed by atoms with E-state index in [-0.39, 0.29) is 5.69 Å². The number of nitro benzene ring substituents is 1. The minimum absolute atomic E-state index is 0.0388. The molecule has 8 heteroatoms. The highest BCUT2D eigenvalue weighted by Gasteiger charge is 2.15. The normalized spacial score (nSPS) is 10.7. The van der Waals surface area contributed by atoms with Crippen LogP contribution in [0.1, 0.15) is 5.56 Å². The molecule has 3 aromatic rings. The monoisotopic (exact) mass is 386 g/mol. The predicted molar refractivity (Wildman–Crippen MR) is 103 cm³/mol. The molecule has 0 radical (unpaired) electrons. The number of halogens is 1. The van der Waals surface area contributed by atoms with Gasteiger partial charge in [-0.25, -0.2) is 0 Å². The Bertz CT molecular complexity index is 941. The number of non-ortho nitro benzene ring substituents is 1. The number of nitro groups is 1. The van der Waals surface area contributed by atoms with Crippen LogP contribution >= 0.6 is 23.4 Å². The summed E-state index contributed by atoms with van der Waals surface area (Å²) in [6.07, 6.45) is 1.76. The molecule has 0 aliphatic heterocycles. The number of benzene rings is 2. The first-order chi connectivity index (χ1) is 12.6. The lowest BCUT2D eigenvalue weighted by molar-refractivity contribution is -0.384. The Morgan fingerprint density at radius 1 is 1.19 bits per heavy atom. The fourth-order valence-corrected chi connectivity index (χ4v) is 3.63. The Hall–Kier alpha value is -2.64. The van der Waals surface area contributed by atoms with Crippen molar-refractivity contribution in [1.29, 1.82) is 0 Å². The van der Waals surface area contributed by atoms with Crippen molar-refractivity contribution in [3.63, 3.8) is 0 Å². The number of rotatable bonds is 7. The van der Waals surface area contributed by atoms with Crippen molar-refractivity contribution < 1.29 is 4.92 Å².